The number of nitrogens with zero attached hydrogens (tertiary/aromatic N) is 3. The summed E-state index contributed by atoms with van der Waals surface area (Å²) in [7, 11) is 1.62. The van der Waals surface area contributed by atoms with Crippen molar-refractivity contribution in [2.45, 2.75) is 45.6 Å². The normalized spacial score (nSPS) is 15.1. The average molecular weight is 453 g/mol. The van der Waals surface area contributed by atoms with Gasteiger partial charge in [-0.25, -0.2) is 9.24 Å². The molecule has 0 radical (unpaired) electrons. The number of hydrogen-bond donors (Lipinski definition) is 1. The second kappa shape index (κ2) is 9.05. The standard InChI is InChI=1S/C24H25FN4O2S/c1-15-13-20(18(25)14-19(15)26-4)28-22(31)24(2,3)29(23(28)32)17-11-9-16(10-12-17)7-6-8-21(30)27-5/h9-14H,6-8H2,1-3,5H3,(H,27,30). The number of halogens is 1. The molecule has 3 rings (SSSR count). The first-order chi connectivity index (χ1) is 15.1. The van der Waals surface area contributed by atoms with Gasteiger partial charge in [-0.3, -0.25) is 14.5 Å². The van der Waals surface area contributed by atoms with Crippen molar-refractivity contribution in [1.29, 1.82) is 0 Å². The van der Waals surface area contributed by atoms with E-state index in [0.29, 0.717) is 12.0 Å². The molecule has 1 N–H and O–H groups in total. The minimum atomic E-state index is -1.02. The number of anilines is 2. The molecule has 6 nitrogen and oxygen atoms in total. The molecule has 1 aliphatic heterocycles. The van der Waals surface area contributed by atoms with E-state index in [0.717, 1.165) is 30.2 Å². The van der Waals surface area contributed by atoms with Crippen LogP contribution < -0.4 is 15.1 Å². The quantitative estimate of drug-likeness (QED) is 0.511. The van der Waals surface area contributed by atoms with E-state index in [1.807, 2.05) is 24.3 Å². The van der Waals surface area contributed by atoms with Crippen molar-refractivity contribution in [3.05, 3.63) is 64.8 Å². The zero-order valence-electron chi connectivity index (χ0n) is 18.5. The smallest absolute Gasteiger partial charge is 0.259 e. The molecule has 0 saturated carbocycles. The summed E-state index contributed by atoms with van der Waals surface area (Å²) in [6.07, 6.45) is 1.95. The zero-order chi connectivity index (χ0) is 23.6. The molecule has 1 heterocycles. The highest BCUT2D eigenvalue weighted by Gasteiger charge is 2.50. The van der Waals surface area contributed by atoms with Gasteiger partial charge < -0.3 is 10.2 Å². The van der Waals surface area contributed by atoms with Crippen molar-refractivity contribution in [2.75, 3.05) is 16.8 Å². The van der Waals surface area contributed by atoms with Gasteiger partial charge in [0, 0.05) is 19.2 Å². The van der Waals surface area contributed by atoms with Crippen LogP contribution in [0.3, 0.4) is 0 Å². The second-order valence-corrected chi connectivity index (χ2v) is 8.58. The number of rotatable bonds is 6. The maximum absolute atomic E-state index is 14.8. The highest BCUT2D eigenvalue weighted by Crippen LogP contribution is 2.38. The van der Waals surface area contributed by atoms with Crippen LogP contribution in [0.15, 0.2) is 36.4 Å². The monoisotopic (exact) mass is 452 g/mol. The van der Waals surface area contributed by atoms with Crippen molar-refractivity contribution >= 4 is 46.2 Å². The van der Waals surface area contributed by atoms with Crippen LogP contribution in [0, 0.1) is 19.3 Å². The number of benzene rings is 2. The summed E-state index contributed by atoms with van der Waals surface area (Å²) in [5.74, 6) is -0.997. The largest absolute Gasteiger partial charge is 0.359 e. The van der Waals surface area contributed by atoms with Crippen LogP contribution in [-0.2, 0) is 16.0 Å². The lowest BCUT2D eigenvalue weighted by molar-refractivity contribution is -0.121. The molecule has 32 heavy (non-hydrogen) atoms. The highest BCUT2D eigenvalue weighted by molar-refractivity contribution is 7.81. The Kier molecular flexibility index (Phi) is 6.60. The summed E-state index contributed by atoms with van der Waals surface area (Å²) < 4.78 is 14.8. The van der Waals surface area contributed by atoms with Gasteiger partial charge in [-0.15, -0.1) is 0 Å². The number of carbonyl (C=O) groups is 2. The first kappa shape index (κ1) is 23.4. The van der Waals surface area contributed by atoms with Gasteiger partial charge in [-0.1, -0.05) is 12.1 Å². The van der Waals surface area contributed by atoms with Crippen LogP contribution in [-0.4, -0.2) is 29.5 Å². The summed E-state index contributed by atoms with van der Waals surface area (Å²) in [6, 6.07) is 10.3. The highest BCUT2D eigenvalue weighted by atomic mass is 32.1. The Labute approximate surface area is 192 Å². The molecule has 0 bridgehead atoms. The summed E-state index contributed by atoms with van der Waals surface area (Å²) >= 11 is 5.62. The Morgan fingerprint density at radius 3 is 2.50 bits per heavy atom. The molecule has 0 spiro atoms. The summed E-state index contributed by atoms with van der Waals surface area (Å²) in [4.78, 5) is 30.9. The summed E-state index contributed by atoms with van der Waals surface area (Å²) in [5, 5.41) is 2.79. The van der Waals surface area contributed by atoms with E-state index in [2.05, 4.69) is 10.2 Å². The molecule has 0 aromatic heterocycles. The van der Waals surface area contributed by atoms with Crippen molar-refractivity contribution < 1.29 is 14.0 Å². The van der Waals surface area contributed by atoms with E-state index in [1.54, 1.807) is 32.7 Å². The fraction of sp³-hybridized carbons (Fsp3) is 0.333. The fourth-order valence-electron chi connectivity index (χ4n) is 3.78. The lowest BCUT2D eigenvalue weighted by Gasteiger charge is -2.29. The Bertz CT molecular complexity index is 1120. The van der Waals surface area contributed by atoms with Crippen molar-refractivity contribution in [1.82, 2.24) is 5.32 Å². The lowest BCUT2D eigenvalue weighted by Crippen LogP contribution is -2.44. The molecule has 2 aromatic carbocycles. The maximum Gasteiger partial charge on any atom is 0.259 e. The number of hydrogen-bond acceptors (Lipinski definition) is 3. The van der Waals surface area contributed by atoms with E-state index in [4.69, 9.17) is 18.8 Å². The molecule has 2 aromatic rings. The average Bonchev–Trinajstić information content (AvgIpc) is 2.94. The fourth-order valence-corrected chi connectivity index (χ4v) is 4.29. The van der Waals surface area contributed by atoms with Crippen LogP contribution in [0.5, 0.6) is 0 Å². The third-order valence-corrected chi connectivity index (χ3v) is 6.00. The van der Waals surface area contributed by atoms with Crippen molar-refractivity contribution in [2.24, 2.45) is 0 Å². The molecule has 0 aliphatic carbocycles. The minimum Gasteiger partial charge on any atom is -0.359 e. The third kappa shape index (κ3) is 4.21. The molecule has 166 valence electrons. The molecule has 1 fully saturated rings. The van der Waals surface area contributed by atoms with Crippen LogP contribution >= 0.6 is 12.2 Å². The molecule has 1 aliphatic rings. The number of nitrogens with one attached hydrogen (secondary N) is 1. The third-order valence-electron chi connectivity index (χ3n) is 5.64. The molecule has 0 unspecified atom stereocenters. The molecule has 1 saturated heterocycles. The molecule has 8 heteroatoms. The Morgan fingerprint density at radius 1 is 1.25 bits per heavy atom. The Balaban J connectivity index is 1.88. The number of carbonyl (C=O) groups excluding carboxylic acids is 2. The van der Waals surface area contributed by atoms with E-state index in [9.17, 15) is 14.0 Å². The summed E-state index contributed by atoms with van der Waals surface area (Å²) in [5.41, 5.74) is 1.60. The zero-order valence-corrected chi connectivity index (χ0v) is 19.3. The summed E-state index contributed by atoms with van der Waals surface area (Å²) in [6.45, 7) is 12.4. The number of aryl methyl sites for hydroxylation is 2. The Morgan fingerprint density at radius 2 is 1.91 bits per heavy atom. The topological polar surface area (TPSA) is 57.0 Å². The van der Waals surface area contributed by atoms with Crippen LogP contribution in [0.2, 0.25) is 0 Å². The van der Waals surface area contributed by atoms with E-state index < -0.39 is 11.4 Å². The van der Waals surface area contributed by atoms with Gasteiger partial charge in [0.1, 0.15) is 11.4 Å². The van der Waals surface area contributed by atoms with Gasteiger partial charge in [0.05, 0.1) is 12.3 Å². The van der Waals surface area contributed by atoms with Gasteiger partial charge in [0.2, 0.25) is 5.91 Å². The van der Waals surface area contributed by atoms with Gasteiger partial charge in [-0.05, 0) is 81.2 Å². The molecule has 2 amide bonds. The number of thiocarbonyl (C=S) groups is 1. The minimum absolute atomic E-state index is 0.0105. The van der Waals surface area contributed by atoms with Crippen LogP contribution in [0.1, 0.15) is 37.8 Å². The predicted molar refractivity (Wildman–Crippen MR) is 127 cm³/mol. The SMILES string of the molecule is [C-]#[N+]c1cc(F)c(N2C(=O)C(C)(C)N(c3ccc(CCCC(=O)NC)cc3)C2=S)cc1C. The van der Waals surface area contributed by atoms with Crippen molar-refractivity contribution in [3.8, 4) is 0 Å². The first-order valence-electron chi connectivity index (χ1n) is 10.3. The first-order valence-corrected chi connectivity index (χ1v) is 10.7. The Hall–Kier alpha value is -3.31. The predicted octanol–water partition coefficient (Wildman–Crippen LogP) is 4.67. The van der Waals surface area contributed by atoms with Gasteiger partial charge in [-0.2, -0.15) is 0 Å². The van der Waals surface area contributed by atoms with E-state index in [-0.39, 0.29) is 28.3 Å². The van der Waals surface area contributed by atoms with Gasteiger partial charge >= 0.3 is 0 Å². The maximum atomic E-state index is 14.8. The van der Waals surface area contributed by atoms with Gasteiger partial charge in [0.25, 0.3) is 5.91 Å². The molecular weight excluding hydrogens is 427 g/mol. The van der Waals surface area contributed by atoms with Crippen LogP contribution in [0.25, 0.3) is 4.85 Å². The van der Waals surface area contributed by atoms with Gasteiger partial charge in [0.15, 0.2) is 10.8 Å². The lowest BCUT2D eigenvalue weighted by atomic mass is 10.0. The second-order valence-electron chi connectivity index (χ2n) is 8.21. The van der Waals surface area contributed by atoms with Crippen molar-refractivity contribution in [3.63, 3.8) is 0 Å². The van der Waals surface area contributed by atoms with Crippen LogP contribution in [0.4, 0.5) is 21.5 Å². The number of amides is 2. The van der Waals surface area contributed by atoms with E-state index in [1.165, 1.54) is 11.0 Å². The molecular formula is C24H25FN4O2S. The molecule has 0 atom stereocenters. The van der Waals surface area contributed by atoms with E-state index >= 15 is 0 Å².